The molecule has 0 bridgehead atoms. The Balaban J connectivity index is 2.76. The van der Waals surface area contributed by atoms with Gasteiger partial charge in [0.25, 0.3) is 0 Å². The number of rotatable bonds is 3. The summed E-state index contributed by atoms with van der Waals surface area (Å²) in [6.45, 7) is 6.46. The van der Waals surface area contributed by atoms with Gasteiger partial charge in [-0.3, -0.25) is 0 Å². The van der Waals surface area contributed by atoms with Gasteiger partial charge in [-0.05, 0) is 31.9 Å². The monoisotopic (exact) mass is 192 g/mol. The Morgan fingerprint density at radius 2 is 1.93 bits per heavy atom. The number of hydrogen-bond donors (Lipinski definition) is 2. The number of nitrogens with one attached hydrogen (secondary N) is 1. The van der Waals surface area contributed by atoms with Crippen LogP contribution in [-0.2, 0) is 0 Å². The molecule has 0 unspecified atom stereocenters. The van der Waals surface area contributed by atoms with Crippen molar-refractivity contribution in [3.8, 4) is 0 Å². The molecule has 2 N–H and O–H groups in total. The van der Waals surface area contributed by atoms with Gasteiger partial charge >= 0.3 is 0 Å². The van der Waals surface area contributed by atoms with Crippen LogP contribution in [0.1, 0.15) is 18.1 Å². The molecule has 0 amide bonds. The molecule has 14 heavy (non-hydrogen) atoms. The zero-order chi connectivity index (χ0) is 10.6. The molecule has 0 aromatic heterocycles. The average molecular weight is 192 g/mol. The second-order valence-electron chi connectivity index (χ2n) is 3.46. The first kappa shape index (κ1) is 10.6. The molecule has 1 aromatic rings. The Kier molecular flexibility index (Phi) is 3.51. The van der Waals surface area contributed by atoms with E-state index in [-0.39, 0.29) is 0 Å². The van der Waals surface area contributed by atoms with Gasteiger partial charge in [-0.15, -0.1) is 0 Å². The number of oxime groups is 1. The van der Waals surface area contributed by atoms with Crippen LogP contribution in [0.5, 0.6) is 0 Å². The highest BCUT2D eigenvalue weighted by atomic mass is 16.4. The van der Waals surface area contributed by atoms with Crippen LogP contribution in [0.2, 0.25) is 0 Å². The highest BCUT2D eigenvalue weighted by Gasteiger charge is 2.01. The van der Waals surface area contributed by atoms with Gasteiger partial charge in [0.2, 0.25) is 0 Å². The maximum absolute atomic E-state index is 8.50. The molecule has 3 nitrogen and oxygen atoms in total. The summed E-state index contributed by atoms with van der Waals surface area (Å²) in [4.78, 5) is 0. The van der Waals surface area contributed by atoms with Gasteiger partial charge in [0.05, 0.1) is 12.3 Å². The van der Waals surface area contributed by atoms with E-state index >= 15 is 0 Å². The molecule has 0 atom stereocenters. The summed E-state index contributed by atoms with van der Waals surface area (Å²) < 4.78 is 0. The smallest absolute Gasteiger partial charge is 0.0730 e. The summed E-state index contributed by atoms with van der Waals surface area (Å²) >= 11 is 0. The van der Waals surface area contributed by atoms with Crippen molar-refractivity contribution in [2.45, 2.75) is 20.8 Å². The van der Waals surface area contributed by atoms with Gasteiger partial charge in [-0.1, -0.05) is 23.4 Å². The van der Waals surface area contributed by atoms with Crippen LogP contribution in [0, 0.1) is 13.8 Å². The number of benzene rings is 1. The maximum atomic E-state index is 8.50. The minimum atomic E-state index is 0.572. The Hall–Kier alpha value is -1.51. The van der Waals surface area contributed by atoms with Crippen molar-refractivity contribution in [3.63, 3.8) is 0 Å². The standard InChI is InChI=1S/C11H16N2O/c1-8-5-4-6-9(2)11(8)12-7-10(3)13-14/h4-6,12,14H,7H2,1-3H3/b13-10+. The third-order valence-electron chi connectivity index (χ3n) is 2.17. The van der Waals surface area contributed by atoms with Gasteiger partial charge in [-0.2, -0.15) is 0 Å². The first-order chi connectivity index (χ1) is 6.65. The molecule has 0 saturated heterocycles. The molecule has 0 aliphatic heterocycles. The third kappa shape index (κ3) is 2.49. The molecule has 1 aromatic carbocycles. The van der Waals surface area contributed by atoms with Gasteiger partial charge < -0.3 is 10.5 Å². The van der Waals surface area contributed by atoms with Gasteiger partial charge in [0, 0.05) is 5.69 Å². The Bertz CT molecular complexity index is 325. The van der Waals surface area contributed by atoms with E-state index in [1.807, 2.05) is 6.07 Å². The number of aryl methyl sites for hydroxylation is 2. The zero-order valence-corrected chi connectivity index (χ0v) is 8.83. The first-order valence-electron chi connectivity index (χ1n) is 4.62. The molecule has 0 saturated carbocycles. The predicted molar refractivity (Wildman–Crippen MR) is 59.3 cm³/mol. The van der Waals surface area contributed by atoms with Crippen molar-refractivity contribution in [3.05, 3.63) is 29.3 Å². The highest BCUT2D eigenvalue weighted by Crippen LogP contribution is 2.18. The van der Waals surface area contributed by atoms with Crippen LogP contribution in [0.3, 0.4) is 0 Å². The van der Waals surface area contributed by atoms with E-state index in [1.165, 1.54) is 11.1 Å². The zero-order valence-electron chi connectivity index (χ0n) is 8.83. The Morgan fingerprint density at radius 1 is 1.36 bits per heavy atom. The van der Waals surface area contributed by atoms with Crippen LogP contribution in [0.4, 0.5) is 5.69 Å². The van der Waals surface area contributed by atoms with Crippen molar-refractivity contribution in [1.82, 2.24) is 0 Å². The van der Waals surface area contributed by atoms with E-state index in [9.17, 15) is 0 Å². The van der Waals surface area contributed by atoms with Crippen molar-refractivity contribution < 1.29 is 5.21 Å². The van der Waals surface area contributed by atoms with E-state index in [2.05, 4.69) is 36.5 Å². The van der Waals surface area contributed by atoms with Gasteiger partial charge in [0.1, 0.15) is 0 Å². The largest absolute Gasteiger partial charge is 0.411 e. The molecule has 0 fully saturated rings. The first-order valence-corrected chi connectivity index (χ1v) is 4.62. The quantitative estimate of drug-likeness (QED) is 0.439. The van der Waals surface area contributed by atoms with Gasteiger partial charge in [-0.25, -0.2) is 0 Å². The molecule has 0 heterocycles. The Labute approximate surface area is 84.4 Å². The lowest BCUT2D eigenvalue weighted by molar-refractivity contribution is 0.318. The highest BCUT2D eigenvalue weighted by molar-refractivity contribution is 5.85. The second kappa shape index (κ2) is 4.65. The summed E-state index contributed by atoms with van der Waals surface area (Å²) in [6.07, 6.45) is 0. The van der Waals surface area contributed by atoms with E-state index in [4.69, 9.17) is 5.21 Å². The summed E-state index contributed by atoms with van der Waals surface area (Å²) in [5.41, 5.74) is 4.20. The van der Waals surface area contributed by atoms with Crippen molar-refractivity contribution >= 4 is 11.4 Å². The molecular weight excluding hydrogens is 176 g/mol. The van der Waals surface area contributed by atoms with Crippen molar-refractivity contribution in [1.29, 1.82) is 0 Å². The minimum absolute atomic E-state index is 0.572. The summed E-state index contributed by atoms with van der Waals surface area (Å²) in [5, 5.41) is 14.9. The van der Waals surface area contributed by atoms with Crippen LogP contribution >= 0.6 is 0 Å². The lowest BCUT2D eigenvalue weighted by Gasteiger charge is -2.11. The molecule has 1 rings (SSSR count). The molecule has 0 aliphatic rings. The third-order valence-corrected chi connectivity index (χ3v) is 2.17. The molecule has 0 aliphatic carbocycles. The van der Waals surface area contributed by atoms with Crippen LogP contribution in [0.25, 0.3) is 0 Å². The number of hydrogen-bond acceptors (Lipinski definition) is 3. The summed E-state index contributed by atoms with van der Waals surface area (Å²) in [7, 11) is 0. The molecule has 3 heteroatoms. The number of anilines is 1. The molecular formula is C11H16N2O. The van der Waals surface area contributed by atoms with Crippen molar-refractivity contribution in [2.24, 2.45) is 5.16 Å². The maximum Gasteiger partial charge on any atom is 0.0730 e. The molecule has 0 radical (unpaired) electrons. The second-order valence-corrected chi connectivity index (χ2v) is 3.46. The fourth-order valence-electron chi connectivity index (χ4n) is 1.34. The lowest BCUT2D eigenvalue weighted by Crippen LogP contribution is -2.12. The molecule has 76 valence electrons. The van der Waals surface area contributed by atoms with Crippen LogP contribution in [0.15, 0.2) is 23.4 Å². The predicted octanol–water partition coefficient (Wildman–Crippen LogP) is 2.57. The molecule has 0 spiro atoms. The fraction of sp³-hybridized carbons (Fsp3) is 0.364. The van der Waals surface area contributed by atoms with E-state index < -0.39 is 0 Å². The minimum Gasteiger partial charge on any atom is -0.411 e. The number of para-hydroxylation sites is 1. The Morgan fingerprint density at radius 3 is 2.43 bits per heavy atom. The van der Waals surface area contributed by atoms with Gasteiger partial charge in [0.15, 0.2) is 0 Å². The normalized spacial score (nSPS) is 11.5. The lowest BCUT2D eigenvalue weighted by atomic mass is 10.1. The van der Waals surface area contributed by atoms with E-state index in [0.29, 0.717) is 12.3 Å². The summed E-state index contributed by atoms with van der Waals surface area (Å²) in [5.74, 6) is 0. The van der Waals surface area contributed by atoms with E-state index in [1.54, 1.807) is 6.92 Å². The topological polar surface area (TPSA) is 44.6 Å². The SMILES string of the molecule is C/C(CNc1c(C)cccc1C)=N\O. The summed E-state index contributed by atoms with van der Waals surface area (Å²) in [6, 6.07) is 6.14. The number of nitrogens with zero attached hydrogens (tertiary/aromatic N) is 1. The fourth-order valence-corrected chi connectivity index (χ4v) is 1.34. The van der Waals surface area contributed by atoms with Crippen LogP contribution < -0.4 is 5.32 Å². The average Bonchev–Trinajstić information content (AvgIpc) is 2.16. The van der Waals surface area contributed by atoms with E-state index in [0.717, 1.165) is 5.69 Å². The van der Waals surface area contributed by atoms with Crippen molar-refractivity contribution in [2.75, 3.05) is 11.9 Å². The van der Waals surface area contributed by atoms with Crippen LogP contribution in [-0.4, -0.2) is 17.5 Å².